The average Bonchev–Trinajstić information content (AvgIpc) is 2.28. The van der Waals surface area contributed by atoms with Crippen molar-refractivity contribution in [2.75, 3.05) is 23.7 Å². The van der Waals surface area contributed by atoms with E-state index in [4.69, 9.17) is 4.74 Å². The van der Waals surface area contributed by atoms with Gasteiger partial charge in [-0.25, -0.2) is 0 Å². The predicted octanol–water partition coefficient (Wildman–Crippen LogP) is 0.564. The molecule has 2 heterocycles. The molecule has 1 unspecified atom stereocenters. The van der Waals surface area contributed by atoms with Gasteiger partial charge in [-0.1, -0.05) is 0 Å². The van der Waals surface area contributed by atoms with E-state index in [0.29, 0.717) is 30.2 Å². The lowest BCUT2D eigenvalue weighted by atomic mass is 10.0. The van der Waals surface area contributed by atoms with Crippen LogP contribution in [0, 0.1) is 5.92 Å². The van der Waals surface area contributed by atoms with Gasteiger partial charge in [0.1, 0.15) is 5.75 Å². The third kappa shape index (κ3) is 2.26. The summed E-state index contributed by atoms with van der Waals surface area (Å²) in [5.41, 5.74) is 1.25. The third-order valence-corrected chi connectivity index (χ3v) is 3.33. The normalized spacial score (nSPS) is 21.7. The molecule has 6 heteroatoms. The van der Waals surface area contributed by atoms with Gasteiger partial charge in [-0.15, -0.1) is 0 Å². The molecular formula is C13H15N3O3. The Hall–Kier alpha value is -2.08. The van der Waals surface area contributed by atoms with Crippen molar-refractivity contribution in [3.63, 3.8) is 0 Å². The number of fused-ring (bicyclic) bond motifs is 1. The van der Waals surface area contributed by atoms with E-state index in [1.807, 2.05) is 0 Å². The van der Waals surface area contributed by atoms with E-state index in [9.17, 15) is 9.59 Å². The van der Waals surface area contributed by atoms with E-state index in [1.165, 1.54) is 0 Å². The number of carbonyl (C=O) groups is 2. The van der Waals surface area contributed by atoms with Crippen molar-refractivity contribution in [3.05, 3.63) is 18.2 Å². The van der Waals surface area contributed by atoms with Crippen LogP contribution < -0.4 is 20.7 Å². The van der Waals surface area contributed by atoms with Crippen LogP contribution in [0.25, 0.3) is 0 Å². The van der Waals surface area contributed by atoms with Crippen molar-refractivity contribution in [1.29, 1.82) is 0 Å². The quantitative estimate of drug-likeness (QED) is 0.727. The molecule has 100 valence electrons. The fourth-order valence-electron chi connectivity index (χ4n) is 2.00. The molecule has 3 rings (SSSR count). The maximum absolute atomic E-state index is 11.8. The molecule has 0 aliphatic carbocycles. The molecule has 3 N–H and O–H groups in total. The first-order valence-corrected chi connectivity index (χ1v) is 6.26. The molecule has 1 aromatic carbocycles. The summed E-state index contributed by atoms with van der Waals surface area (Å²) >= 11 is 0. The first-order valence-electron chi connectivity index (χ1n) is 6.26. The molecule has 0 aromatic heterocycles. The lowest BCUT2D eigenvalue weighted by Crippen LogP contribution is -2.48. The minimum absolute atomic E-state index is 0.00452. The largest absolute Gasteiger partial charge is 0.479 e. The lowest BCUT2D eigenvalue weighted by Gasteiger charge is -2.26. The van der Waals surface area contributed by atoms with Crippen LogP contribution in [0.15, 0.2) is 18.2 Å². The van der Waals surface area contributed by atoms with E-state index in [-0.39, 0.29) is 17.7 Å². The van der Waals surface area contributed by atoms with Gasteiger partial charge in [-0.2, -0.15) is 0 Å². The zero-order valence-corrected chi connectivity index (χ0v) is 10.5. The highest BCUT2D eigenvalue weighted by Crippen LogP contribution is 2.32. The summed E-state index contributed by atoms with van der Waals surface area (Å²) in [6.45, 7) is 3.12. The second-order valence-corrected chi connectivity index (χ2v) is 4.80. The van der Waals surface area contributed by atoms with Crippen molar-refractivity contribution in [2.45, 2.75) is 13.0 Å². The number of hydrogen-bond donors (Lipinski definition) is 3. The molecule has 1 atom stereocenters. The molecule has 1 fully saturated rings. The van der Waals surface area contributed by atoms with Gasteiger partial charge >= 0.3 is 0 Å². The topological polar surface area (TPSA) is 79.5 Å². The van der Waals surface area contributed by atoms with Gasteiger partial charge in [0.2, 0.25) is 5.91 Å². The van der Waals surface area contributed by atoms with Crippen LogP contribution in [0.5, 0.6) is 5.75 Å². The Balaban J connectivity index is 1.75. The first-order chi connectivity index (χ1) is 9.13. The smallest absolute Gasteiger partial charge is 0.265 e. The number of rotatable bonds is 2. The van der Waals surface area contributed by atoms with Gasteiger partial charge in [0.05, 0.1) is 11.6 Å². The molecule has 19 heavy (non-hydrogen) atoms. The van der Waals surface area contributed by atoms with E-state index in [1.54, 1.807) is 25.1 Å². The van der Waals surface area contributed by atoms with Crippen molar-refractivity contribution in [3.8, 4) is 5.75 Å². The second-order valence-electron chi connectivity index (χ2n) is 4.80. The van der Waals surface area contributed by atoms with Gasteiger partial charge in [0, 0.05) is 18.8 Å². The van der Waals surface area contributed by atoms with Crippen LogP contribution in [0.2, 0.25) is 0 Å². The van der Waals surface area contributed by atoms with E-state index in [0.717, 1.165) is 0 Å². The van der Waals surface area contributed by atoms with Crippen molar-refractivity contribution >= 4 is 23.2 Å². The van der Waals surface area contributed by atoms with Crippen LogP contribution >= 0.6 is 0 Å². The van der Waals surface area contributed by atoms with Crippen LogP contribution in [0.3, 0.4) is 0 Å². The number of ether oxygens (including phenoxy) is 1. The SMILES string of the molecule is CC1Oc2ccc(NC(=O)C3CNC3)cc2NC1=O. The maximum atomic E-state index is 11.8. The molecule has 1 saturated heterocycles. The molecule has 0 saturated carbocycles. The fourth-order valence-corrected chi connectivity index (χ4v) is 2.00. The number of hydrogen-bond acceptors (Lipinski definition) is 4. The molecule has 2 aliphatic heterocycles. The van der Waals surface area contributed by atoms with Crippen LogP contribution in [-0.2, 0) is 9.59 Å². The van der Waals surface area contributed by atoms with Crippen LogP contribution in [0.4, 0.5) is 11.4 Å². The van der Waals surface area contributed by atoms with Crippen LogP contribution in [-0.4, -0.2) is 31.0 Å². The highest BCUT2D eigenvalue weighted by Gasteiger charge is 2.26. The Morgan fingerprint density at radius 1 is 1.42 bits per heavy atom. The summed E-state index contributed by atoms with van der Waals surface area (Å²) in [7, 11) is 0. The predicted molar refractivity (Wildman–Crippen MR) is 70.2 cm³/mol. The van der Waals surface area contributed by atoms with Crippen LogP contribution in [0.1, 0.15) is 6.92 Å². The van der Waals surface area contributed by atoms with Crippen molar-refractivity contribution < 1.29 is 14.3 Å². The zero-order chi connectivity index (χ0) is 13.4. The highest BCUT2D eigenvalue weighted by molar-refractivity contribution is 5.99. The van der Waals surface area contributed by atoms with E-state index < -0.39 is 6.10 Å². The molecule has 1 aromatic rings. The Morgan fingerprint density at radius 3 is 2.89 bits per heavy atom. The van der Waals surface area contributed by atoms with Gasteiger partial charge < -0.3 is 20.7 Å². The summed E-state index contributed by atoms with van der Waals surface area (Å²) in [5, 5.41) is 8.64. The molecule has 0 spiro atoms. The highest BCUT2D eigenvalue weighted by atomic mass is 16.5. The first kappa shape index (κ1) is 12.0. The summed E-state index contributed by atoms with van der Waals surface area (Å²) < 4.78 is 5.45. The molecule has 0 bridgehead atoms. The van der Waals surface area contributed by atoms with Gasteiger partial charge in [-0.3, -0.25) is 9.59 Å². The fraction of sp³-hybridized carbons (Fsp3) is 0.385. The molecule has 6 nitrogen and oxygen atoms in total. The maximum Gasteiger partial charge on any atom is 0.265 e. The number of amides is 2. The van der Waals surface area contributed by atoms with Crippen molar-refractivity contribution in [2.24, 2.45) is 5.92 Å². The Kier molecular flexibility index (Phi) is 2.87. The summed E-state index contributed by atoms with van der Waals surface area (Å²) in [6.07, 6.45) is -0.492. The van der Waals surface area contributed by atoms with Gasteiger partial charge in [-0.05, 0) is 25.1 Å². The Labute approximate surface area is 110 Å². The number of nitrogens with one attached hydrogen (secondary N) is 3. The third-order valence-electron chi connectivity index (χ3n) is 3.33. The summed E-state index contributed by atoms with van der Waals surface area (Å²) in [5.74, 6) is 0.464. The number of benzene rings is 1. The average molecular weight is 261 g/mol. The second kappa shape index (κ2) is 4.55. The van der Waals surface area contributed by atoms with Crippen molar-refractivity contribution in [1.82, 2.24) is 5.32 Å². The molecule has 2 aliphatic rings. The van der Waals surface area contributed by atoms with Gasteiger partial charge in [0.25, 0.3) is 5.91 Å². The van der Waals surface area contributed by atoms with Gasteiger partial charge in [0.15, 0.2) is 6.10 Å². The Bertz CT molecular complexity index is 540. The molecular weight excluding hydrogens is 246 g/mol. The monoisotopic (exact) mass is 261 g/mol. The minimum Gasteiger partial charge on any atom is -0.479 e. The zero-order valence-electron chi connectivity index (χ0n) is 10.5. The standard InChI is InChI=1S/C13H15N3O3/c1-7-12(17)16-10-4-9(2-3-11(10)19-7)15-13(18)8-5-14-6-8/h2-4,7-8,14H,5-6H2,1H3,(H,15,18)(H,16,17). The minimum atomic E-state index is -0.492. The number of anilines is 2. The van der Waals surface area contributed by atoms with E-state index >= 15 is 0 Å². The Morgan fingerprint density at radius 2 is 2.21 bits per heavy atom. The molecule has 0 radical (unpaired) electrons. The number of carbonyl (C=O) groups excluding carboxylic acids is 2. The summed E-state index contributed by atoms with van der Waals surface area (Å²) in [6, 6.07) is 5.23. The summed E-state index contributed by atoms with van der Waals surface area (Å²) in [4.78, 5) is 23.3. The molecule has 2 amide bonds. The lowest BCUT2D eigenvalue weighted by molar-refractivity contribution is -0.123. The van der Waals surface area contributed by atoms with E-state index in [2.05, 4.69) is 16.0 Å².